The van der Waals surface area contributed by atoms with Gasteiger partial charge in [0.25, 0.3) is 0 Å². The lowest BCUT2D eigenvalue weighted by Crippen LogP contribution is -2.30. The summed E-state index contributed by atoms with van der Waals surface area (Å²) >= 11 is 0. The second kappa shape index (κ2) is 9.02. The molecule has 0 saturated heterocycles. The van der Waals surface area contributed by atoms with Gasteiger partial charge in [0.15, 0.2) is 0 Å². The summed E-state index contributed by atoms with van der Waals surface area (Å²) in [6.07, 6.45) is 0. The zero-order valence-corrected chi connectivity index (χ0v) is 19.0. The van der Waals surface area contributed by atoms with Crippen molar-refractivity contribution in [2.45, 2.75) is 44.6 Å². The maximum atomic E-state index is 13.5. The Bertz CT molecular complexity index is 1120. The van der Waals surface area contributed by atoms with E-state index in [0.29, 0.717) is 11.3 Å². The lowest BCUT2D eigenvalue weighted by molar-refractivity contribution is 0.406. The van der Waals surface area contributed by atoms with Gasteiger partial charge in [-0.3, -0.25) is 0 Å². The third kappa shape index (κ3) is 4.58. The number of rotatable bonds is 7. The summed E-state index contributed by atoms with van der Waals surface area (Å²) < 4.78 is 35.5. The molecule has 158 valence electrons. The summed E-state index contributed by atoms with van der Waals surface area (Å²) in [6.45, 7) is 7.84. The second-order valence-electron chi connectivity index (χ2n) is 7.84. The van der Waals surface area contributed by atoms with Crippen molar-refractivity contribution >= 4 is 10.0 Å². The van der Waals surface area contributed by atoms with Crippen LogP contribution in [0.4, 0.5) is 0 Å². The van der Waals surface area contributed by atoms with E-state index in [0.717, 1.165) is 22.3 Å². The molecule has 5 heteroatoms. The lowest BCUT2D eigenvalue weighted by Gasteiger charge is -2.23. The molecule has 3 aromatic rings. The maximum absolute atomic E-state index is 13.5. The molecule has 3 aromatic carbocycles. The van der Waals surface area contributed by atoms with E-state index in [9.17, 15) is 8.42 Å². The van der Waals surface area contributed by atoms with Crippen LogP contribution in [0.2, 0.25) is 0 Å². The highest BCUT2D eigenvalue weighted by molar-refractivity contribution is 7.89. The van der Waals surface area contributed by atoms with Crippen LogP contribution in [-0.4, -0.2) is 15.5 Å². The molecular formula is C25H29NO3S. The summed E-state index contributed by atoms with van der Waals surface area (Å²) in [4.78, 5) is 0.279. The fraction of sp³-hybridized carbons (Fsp3) is 0.280. The first-order valence-corrected chi connectivity index (χ1v) is 11.5. The summed E-state index contributed by atoms with van der Waals surface area (Å²) in [5.41, 5.74) is 4.38. The minimum Gasteiger partial charge on any atom is -0.496 e. The molecule has 4 nitrogen and oxygen atoms in total. The Morgan fingerprint density at radius 1 is 0.833 bits per heavy atom. The number of aryl methyl sites for hydroxylation is 2. The van der Waals surface area contributed by atoms with Gasteiger partial charge >= 0.3 is 0 Å². The largest absolute Gasteiger partial charge is 0.496 e. The quantitative estimate of drug-likeness (QED) is 0.546. The average molecular weight is 424 g/mol. The van der Waals surface area contributed by atoms with Crippen molar-refractivity contribution in [1.82, 2.24) is 4.72 Å². The molecule has 0 radical (unpaired) electrons. The number of ether oxygens (including phenoxy) is 1. The smallest absolute Gasteiger partial charge is 0.241 e. The molecule has 0 spiro atoms. The van der Waals surface area contributed by atoms with E-state index < -0.39 is 16.1 Å². The third-order valence-corrected chi connectivity index (χ3v) is 6.91. The molecule has 0 aromatic heterocycles. The Labute approximate surface area is 180 Å². The fourth-order valence-electron chi connectivity index (χ4n) is 3.68. The summed E-state index contributed by atoms with van der Waals surface area (Å²) in [5.74, 6) is 0.843. The highest BCUT2D eigenvalue weighted by Gasteiger charge is 2.26. The number of nitrogens with one attached hydrogen (secondary N) is 1. The summed E-state index contributed by atoms with van der Waals surface area (Å²) in [5, 5.41) is 0. The third-order valence-electron chi connectivity index (χ3n) is 5.34. The van der Waals surface area contributed by atoms with Crippen LogP contribution in [0.3, 0.4) is 0 Å². The minimum atomic E-state index is -3.79. The molecule has 0 saturated carbocycles. The van der Waals surface area contributed by atoms with E-state index >= 15 is 0 Å². The van der Waals surface area contributed by atoms with Crippen molar-refractivity contribution in [1.29, 1.82) is 0 Å². The highest BCUT2D eigenvalue weighted by Crippen LogP contribution is 2.33. The zero-order valence-electron chi connectivity index (χ0n) is 18.1. The molecule has 0 fully saturated rings. The Morgan fingerprint density at radius 2 is 1.47 bits per heavy atom. The molecule has 0 aliphatic rings. The molecular weight excluding hydrogens is 394 g/mol. The van der Waals surface area contributed by atoms with Crippen LogP contribution < -0.4 is 9.46 Å². The van der Waals surface area contributed by atoms with E-state index in [4.69, 9.17) is 4.74 Å². The SMILES string of the molecule is COc1cc(C)c(S(=O)(=O)N[C@H](c2ccccc2)c2ccccc2C)cc1C(C)C. The van der Waals surface area contributed by atoms with Crippen molar-refractivity contribution in [3.8, 4) is 5.75 Å². The van der Waals surface area contributed by atoms with Crippen molar-refractivity contribution in [2.75, 3.05) is 7.11 Å². The second-order valence-corrected chi connectivity index (χ2v) is 9.52. The van der Waals surface area contributed by atoms with Crippen LogP contribution in [0, 0.1) is 13.8 Å². The van der Waals surface area contributed by atoms with Gasteiger partial charge in [0.2, 0.25) is 10.0 Å². The van der Waals surface area contributed by atoms with E-state index in [2.05, 4.69) is 4.72 Å². The highest BCUT2D eigenvalue weighted by atomic mass is 32.2. The van der Waals surface area contributed by atoms with Crippen LogP contribution in [0.15, 0.2) is 71.6 Å². The average Bonchev–Trinajstić information content (AvgIpc) is 2.72. The molecule has 30 heavy (non-hydrogen) atoms. The molecule has 1 N–H and O–H groups in total. The fourth-order valence-corrected chi connectivity index (χ4v) is 5.15. The number of hydrogen-bond acceptors (Lipinski definition) is 3. The van der Waals surface area contributed by atoms with Crippen LogP contribution in [0.1, 0.15) is 53.6 Å². The summed E-state index contributed by atoms with van der Waals surface area (Å²) in [6, 6.07) is 20.6. The standard InChI is InChI=1S/C25H29NO3S/c1-17(2)22-16-24(19(4)15-23(22)29-5)30(27,28)26-25(20-12-7-6-8-13-20)21-14-10-9-11-18(21)3/h6-17,25-26H,1-5H3/t25-/m1/s1. The Hall–Kier alpha value is -2.63. The van der Waals surface area contributed by atoms with Gasteiger partial charge in [-0.15, -0.1) is 0 Å². The molecule has 0 heterocycles. The van der Waals surface area contributed by atoms with Gasteiger partial charge in [-0.1, -0.05) is 68.4 Å². The number of benzene rings is 3. The monoisotopic (exact) mass is 423 g/mol. The van der Waals surface area contributed by atoms with Crippen molar-refractivity contribution in [2.24, 2.45) is 0 Å². The molecule has 0 amide bonds. The molecule has 0 aliphatic carbocycles. The molecule has 1 atom stereocenters. The van der Waals surface area contributed by atoms with E-state index in [1.165, 1.54) is 0 Å². The Kier molecular flexibility index (Phi) is 6.64. The molecule has 0 aliphatic heterocycles. The van der Waals surface area contributed by atoms with E-state index in [-0.39, 0.29) is 10.8 Å². The molecule has 3 rings (SSSR count). The zero-order chi connectivity index (χ0) is 21.9. The summed E-state index contributed by atoms with van der Waals surface area (Å²) in [7, 11) is -2.18. The van der Waals surface area contributed by atoms with Gasteiger partial charge < -0.3 is 4.74 Å². The number of sulfonamides is 1. The lowest BCUT2D eigenvalue weighted by atomic mass is 9.96. The molecule has 0 bridgehead atoms. The van der Waals surface area contributed by atoms with Gasteiger partial charge in [0.05, 0.1) is 18.0 Å². The first-order valence-electron chi connectivity index (χ1n) is 10.1. The van der Waals surface area contributed by atoms with Gasteiger partial charge in [0.1, 0.15) is 5.75 Å². The first-order chi connectivity index (χ1) is 14.2. The number of hydrogen-bond donors (Lipinski definition) is 1. The number of methoxy groups -OCH3 is 1. The Morgan fingerprint density at radius 3 is 2.07 bits per heavy atom. The molecule has 0 unspecified atom stereocenters. The predicted octanol–water partition coefficient (Wildman–Crippen LogP) is 5.50. The maximum Gasteiger partial charge on any atom is 0.241 e. The van der Waals surface area contributed by atoms with Crippen LogP contribution >= 0.6 is 0 Å². The Balaban J connectivity index is 2.11. The van der Waals surface area contributed by atoms with Crippen molar-refractivity contribution in [3.05, 3.63) is 94.5 Å². The normalized spacial score (nSPS) is 12.7. The van der Waals surface area contributed by atoms with Crippen molar-refractivity contribution in [3.63, 3.8) is 0 Å². The first kappa shape index (κ1) is 22.1. The van der Waals surface area contributed by atoms with Crippen LogP contribution in [0.5, 0.6) is 5.75 Å². The van der Waals surface area contributed by atoms with Gasteiger partial charge in [-0.05, 0) is 59.7 Å². The van der Waals surface area contributed by atoms with Gasteiger partial charge in [-0.25, -0.2) is 8.42 Å². The van der Waals surface area contributed by atoms with E-state index in [1.807, 2.05) is 75.4 Å². The minimum absolute atomic E-state index is 0.135. The van der Waals surface area contributed by atoms with Crippen LogP contribution in [-0.2, 0) is 10.0 Å². The van der Waals surface area contributed by atoms with Crippen LogP contribution in [0.25, 0.3) is 0 Å². The topological polar surface area (TPSA) is 55.4 Å². The van der Waals surface area contributed by atoms with Gasteiger partial charge in [0, 0.05) is 0 Å². The van der Waals surface area contributed by atoms with E-state index in [1.54, 1.807) is 26.2 Å². The predicted molar refractivity (Wildman–Crippen MR) is 122 cm³/mol. The van der Waals surface area contributed by atoms with Crippen molar-refractivity contribution < 1.29 is 13.2 Å². The van der Waals surface area contributed by atoms with Gasteiger partial charge in [-0.2, -0.15) is 4.72 Å².